The molecule has 2 aliphatic carbocycles. The van der Waals surface area contributed by atoms with Crippen molar-refractivity contribution in [2.24, 2.45) is 35.0 Å². The zero-order valence-corrected chi connectivity index (χ0v) is 18.6. The Morgan fingerprint density at radius 2 is 1.97 bits per heavy atom. The fraction of sp³-hybridized carbons (Fsp3) is 0.833. The van der Waals surface area contributed by atoms with Gasteiger partial charge in [-0.2, -0.15) is 0 Å². The minimum atomic E-state index is -0.594. The predicted molar refractivity (Wildman–Crippen MR) is 111 cm³/mol. The van der Waals surface area contributed by atoms with Crippen molar-refractivity contribution < 1.29 is 24.2 Å². The van der Waals surface area contributed by atoms with Gasteiger partial charge in [0.2, 0.25) is 0 Å². The highest BCUT2D eigenvalue weighted by Gasteiger charge is 2.54. The van der Waals surface area contributed by atoms with E-state index in [2.05, 4.69) is 32.9 Å². The second kappa shape index (κ2) is 8.79. The number of allylic oxidation sites excluding steroid dienone is 2. The Labute approximate surface area is 175 Å². The smallest absolute Gasteiger partial charge is 0.308 e. The molecule has 1 aliphatic heterocycles. The third kappa shape index (κ3) is 4.70. The normalized spacial score (nSPS) is 42.3. The standard InChI is InChI=1S/C24H38O5/c1-14(2)23(27)29-21-11-15(3)10-17-7-6-16(4)20(24(17,21)5)9-8-19-12-18(25)13-22(26)28-19/h6-7,14-21,25H,8-13H2,1-5H3. The number of hydrogen-bond donors (Lipinski definition) is 1. The number of aliphatic hydroxyl groups is 1. The summed E-state index contributed by atoms with van der Waals surface area (Å²) < 4.78 is 11.6. The first-order chi connectivity index (χ1) is 13.6. The van der Waals surface area contributed by atoms with Crippen LogP contribution < -0.4 is 0 Å². The molecule has 1 saturated carbocycles. The Morgan fingerprint density at radius 1 is 1.24 bits per heavy atom. The van der Waals surface area contributed by atoms with Crippen LogP contribution in [0.25, 0.3) is 0 Å². The van der Waals surface area contributed by atoms with Gasteiger partial charge in [-0.3, -0.25) is 9.59 Å². The Balaban J connectivity index is 1.79. The van der Waals surface area contributed by atoms with Crippen molar-refractivity contribution in [3.63, 3.8) is 0 Å². The maximum atomic E-state index is 12.5. The van der Waals surface area contributed by atoms with Gasteiger partial charge in [0.15, 0.2) is 0 Å². The van der Waals surface area contributed by atoms with E-state index in [0.717, 1.165) is 25.7 Å². The van der Waals surface area contributed by atoms with Gasteiger partial charge in [-0.1, -0.05) is 46.8 Å². The summed E-state index contributed by atoms with van der Waals surface area (Å²) in [6, 6.07) is 0. The summed E-state index contributed by atoms with van der Waals surface area (Å²) in [7, 11) is 0. The molecule has 0 bridgehead atoms. The monoisotopic (exact) mass is 406 g/mol. The van der Waals surface area contributed by atoms with Crippen LogP contribution in [0.4, 0.5) is 0 Å². The number of aliphatic hydroxyl groups excluding tert-OH is 1. The summed E-state index contributed by atoms with van der Waals surface area (Å²) in [5.74, 6) is 1.07. The van der Waals surface area contributed by atoms with Crippen LogP contribution in [0.1, 0.15) is 73.1 Å². The molecule has 0 aromatic heterocycles. The second-order valence-corrected chi connectivity index (χ2v) is 10.3. The molecular formula is C24H38O5. The summed E-state index contributed by atoms with van der Waals surface area (Å²) in [5.41, 5.74) is -0.123. The number of ether oxygens (including phenoxy) is 2. The zero-order valence-electron chi connectivity index (χ0n) is 18.6. The Bertz CT molecular complexity index is 641. The lowest BCUT2D eigenvalue weighted by Gasteiger charge is -2.55. The first kappa shape index (κ1) is 22.3. The molecule has 164 valence electrons. The van der Waals surface area contributed by atoms with Gasteiger partial charge in [-0.15, -0.1) is 0 Å². The molecular weight excluding hydrogens is 368 g/mol. The molecule has 1 saturated heterocycles. The van der Waals surface area contributed by atoms with Gasteiger partial charge in [-0.05, 0) is 49.4 Å². The molecule has 0 aromatic rings. The summed E-state index contributed by atoms with van der Waals surface area (Å²) >= 11 is 0. The van der Waals surface area contributed by atoms with Crippen LogP contribution in [0.2, 0.25) is 0 Å². The van der Waals surface area contributed by atoms with E-state index in [4.69, 9.17) is 9.47 Å². The SMILES string of the molecule is CC1CC2C=CC(C)C(CCC3CC(O)CC(=O)O3)C2(C)C(OC(=O)C(C)C)C1. The lowest BCUT2D eigenvalue weighted by atomic mass is 9.51. The average molecular weight is 407 g/mol. The molecule has 8 unspecified atom stereocenters. The van der Waals surface area contributed by atoms with Crippen LogP contribution in [0.5, 0.6) is 0 Å². The number of cyclic esters (lactones) is 1. The first-order valence-electron chi connectivity index (χ1n) is 11.4. The van der Waals surface area contributed by atoms with Gasteiger partial charge >= 0.3 is 11.9 Å². The van der Waals surface area contributed by atoms with Gasteiger partial charge in [0.1, 0.15) is 12.2 Å². The molecule has 5 heteroatoms. The van der Waals surface area contributed by atoms with E-state index in [1.165, 1.54) is 0 Å². The van der Waals surface area contributed by atoms with Crippen molar-refractivity contribution >= 4 is 11.9 Å². The molecule has 1 heterocycles. The van der Waals surface area contributed by atoms with Crippen LogP contribution >= 0.6 is 0 Å². The average Bonchev–Trinajstić information content (AvgIpc) is 2.61. The molecule has 3 rings (SSSR count). The van der Waals surface area contributed by atoms with Crippen LogP contribution in [0, 0.1) is 35.0 Å². The lowest BCUT2D eigenvalue weighted by molar-refractivity contribution is -0.177. The summed E-state index contributed by atoms with van der Waals surface area (Å²) in [6.45, 7) is 10.6. The fourth-order valence-electron chi connectivity index (χ4n) is 5.88. The van der Waals surface area contributed by atoms with E-state index < -0.39 is 6.10 Å². The number of carbonyl (C=O) groups excluding carboxylic acids is 2. The van der Waals surface area contributed by atoms with Crippen LogP contribution in [-0.2, 0) is 19.1 Å². The minimum Gasteiger partial charge on any atom is -0.462 e. The lowest BCUT2D eigenvalue weighted by Crippen LogP contribution is -2.54. The molecule has 29 heavy (non-hydrogen) atoms. The van der Waals surface area contributed by atoms with Gasteiger partial charge in [0.05, 0.1) is 18.4 Å². The zero-order chi connectivity index (χ0) is 21.3. The minimum absolute atomic E-state index is 0.0944. The Kier molecular flexibility index (Phi) is 6.77. The van der Waals surface area contributed by atoms with E-state index in [1.54, 1.807) is 0 Å². The molecule has 8 atom stereocenters. The van der Waals surface area contributed by atoms with Crippen molar-refractivity contribution in [2.75, 3.05) is 0 Å². The van der Waals surface area contributed by atoms with Crippen LogP contribution in [0.3, 0.4) is 0 Å². The third-order valence-electron chi connectivity index (χ3n) is 7.61. The summed E-state index contributed by atoms with van der Waals surface area (Å²) in [5, 5.41) is 9.93. The van der Waals surface area contributed by atoms with Crippen LogP contribution in [-0.4, -0.2) is 35.4 Å². The molecule has 2 fully saturated rings. The van der Waals surface area contributed by atoms with Crippen molar-refractivity contribution in [1.82, 2.24) is 0 Å². The topological polar surface area (TPSA) is 72.8 Å². The van der Waals surface area contributed by atoms with E-state index in [9.17, 15) is 14.7 Å². The summed E-state index contributed by atoms with van der Waals surface area (Å²) in [4.78, 5) is 24.2. The van der Waals surface area contributed by atoms with Gasteiger partial charge in [-0.25, -0.2) is 0 Å². The second-order valence-electron chi connectivity index (χ2n) is 10.3. The Hall–Kier alpha value is -1.36. The maximum Gasteiger partial charge on any atom is 0.308 e. The van der Waals surface area contributed by atoms with E-state index in [1.807, 2.05) is 13.8 Å². The fourth-order valence-corrected chi connectivity index (χ4v) is 5.88. The van der Waals surface area contributed by atoms with E-state index in [-0.39, 0.29) is 41.9 Å². The highest BCUT2D eigenvalue weighted by molar-refractivity contribution is 5.72. The predicted octanol–water partition coefficient (Wildman–Crippen LogP) is 4.28. The highest BCUT2D eigenvalue weighted by Crippen LogP contribution is 2.56. The highest BCUT2D eigenvalue weighted by atomic mass is 16.6. The van der Waals surface area contributed by atoms with Gasteiger partial charge in [0.25, 0.3) is 0 Å². The molecule has 0 aromatic carbocycles. The van der Waals surface area contributed by atoms with Crippen molar-refractivity contribution in [3.05, 3.63) is 12.2 Å². The molecule has 5 nitrogen and oxygen atoms in total. The van der Waals surface area contributed by atoms with Crippen molar-refractivity contribution in [3.8, 4) is 0 Å². The first-order valence-corrected chi connectivity index (χ1v) is 11.4. The third-order valence-corrected chi connectivity index (χ3v) is 7.61. The summed E-state index contributed by atoms with van der Waals surface area (Å²) in [6.07, 6.45) is 8.03. The van der Waals surface area contributed by atoms with Crippen LogP contribution in [0.15, 0.2) is 12.2 Å². The Morgan fingerprint density at radius 3 is 2.62 bits per heavy atom. The van der Waals surface area contributed by atoms with E-state index >= 15 is 0 Å². The molecule has 3 aliphatic rings. The largest absolute Gasteiger partial charge is 0.462 e. The molecule has 0 spiro atoms. The number of fused-ring (bicyclic) bond motifs is 1. The van der Waals surface area contributed by atoms with Crippen molar-refractivity contribution in [1.29, 1.82) is 0 Å². The number of esters is 2. The number of rotatable bonds is 5. The van der Waals surface area contributed by atoms with Gasteiger partial charge in [0, 0.05) is 11.8 Å². The molecule has 1 N–H and O–H groups in total. The maximum absolute atomic E-state index is 12.5. The molecule has 0 radical (unpaired) electrons. The quantitative estimate of drug-likeness (QED) is 0.545. The number of carbonyl (C=O) groups is 2. The van der Waals surface area contributed by atoms with Crippen molar-refractivity contribution in [2.45, 2.75) is 91.5 Å². The molecule has 0 amide bonds. The van der Waals surface area contributed by atoms with Gasteiger partial charge < -0.3 is 14.6 Å². The van der Waals surface area contributed by atoms with E-state index in [0.29, 0.717) is 30.1 Å². The number of hydrogen-bond acceptors (Lipinski definition) is 5.